The molecule has 2 rings (SSSR count). The van der Waals surface area contributed by atoms with Crippen molar-refractivity contribution in [2.45, 2.75) is 33.1 Å². The number of aromatic nitrogens is 5. The minimum absolute atomic E-state index is 0.763. The zero-order valence-corrected chi connectivity index (χ0v) is 13.1. The van der Waals surface area contributed by atoms with Crippen LogP contribution in [0.4, 0.5) is 11.6 Å². The Hall–Kier alpha value is -2.18. The minimum atomic E-state index is 0.763. The van der Waals surface area contributed by atoms with Crippen molar-refractivity contribution in [2.24, 2.45) is 7.05 Å². The number of hydrogen-bond acceptors (Lipinski definition) is 6. The fourth-order valence-corrected chi connectivity index (χ4v) is 2.14. The first-order valence-electron chi connectivity index (χ1n) is 7.27. The second kappa shape index (κ2) is 7.01. The van der Waals surface area contributed by atoms with Gasteiger partial charge in [-0.05, 0) is 13.3 Å². The number of hydrogen-bond donors (Lipinski definition) is 2. The standard InChI is InChI=1S/C14H23N7/c1-5-6-11-18-13(15-3)10(2)14(19-11)16-8-7-12-20-17-9-21(12)4/h9H,5-8H2,1-4H3,(H2,15,16,18,19). The smallest absolute Gasteiger partial charge is 0.134 e. The largest absolute Gasteiger partial charge is 0.373 e. The Labute approximate surface area is 125 Å². The zero-order chi connectivity index (χ0) is 15.2. The fraction of sp³-hybridized carbons (Fsp3) is 0.571. The molecule has 0 aliphatic rings. The molecule has 0 radical (unpaired) electrons. The van der Waals surface area contributed by atoms with Gasteiger partial charge in [0, 0.05) is 39.0 Å². The lowest BCUT2D eigenvalue weighted by atomic mass is 10.2. The van der Waals surface area contributed by atoms with Crippen LogP contribution in [-0.2, 0) is 19.9 Å². The van der Waals surface area contributed by atoms with Crippen LogP contribution in [0.3, 0.4) is 0 Å². The summed E-state index contributed by atoms with van der Waals surface area (Å²) in [5.41, 5.74) is 1.04. The molecule has 0 bridgehead atoms. The molecule has 7 nitrogen and oxygen atoms in total. The van der Waals surface area contributed by atoms with Gasteiger partial charge >= 0.3 is 0 Å². The second-order valence-electron chi connectivity index (χ2n) is 5.00. The van der Waals surface area contributed by atoms with E-state index in [1.165, 1.54) is 0 Å². The molecule has 114 valence electrons. The molecule has 0 spiro atoms. The maximum absolute atomic E-state index is 4.61. The van der Waals surface area contributed by atoms with Gasteiger partial charge in [-0.2, -0.15) is 0 Å². The summed E-state index contributed by atoms with van der Waals surface area (Å²) < 4.78 is 1.93. The molecule has 2 aromatic rings. The monoisotopic (exact) mass is 289 g/mol. The first-order valence-corrected chi connectivity index (χ1v) is 7.27. The predicted octanol–water partition coefficient (Wildman–Crippen LogP) is 1.56. The van der Waals surface area contributed by atoms with E-state index in [1.54, 1.807) is 6.33 Å². The average molecular weight is 289 g/mol. The summed E-state index contributed by atoms with van der Waals surface area (Å²) in [5.74, 6) is 3.60. The lowest BCUT2D eigenvalue weighted by Crippen LogP contribution is -2.13. The molecule has 0 saturated heterocycles. The van der Waals surface area contributed by atoms with E-state index in [9.17, 15) is 0 Å². The van der Waals surface area contributed by atoms with Gasteiger partial charge in [-0.3, -0.25) is 0 Å². The number of anilines is 2. The molecule has 2 heterocycles. The van der Waals surface area contributed by atoms with Crippen molar-refractivity contribution in [3.63, 3.8) is 0 Å². The highest BCUT2D eigenvalue weighted by Crippen LogP contribution is 2.20. The molecule has 0 unspecified atom stereocenters. The summed E-state index contributed by atoms with van der Waals surface area (Å²) >= 11 is 0. The number of nitrogens with zero attached hydrogens (tertiary/aromatic N) is 5. The van der Waals surface area contributed by atoms with Crippen LogP contribution in [-0.4, -0.2) is 38.3 Å². The Bertz CT molecular complexity index is 591. The Morgan fingerprint density at radius 1 is 1.19 bits per heavy atom. The first-order chi connectivity index (χ1) is 10.2. The number of nitrogens with one attached hydrogen (secondary N) is 2. The zero-order valence-electron chi connectivity index (χ0n) is 13.1. The third kappa shape index (κ3) is 3.68. The molecule has 0 saturated carbocycles. The van der Waals surface area contributed by atoms with Crippen molar-refractivity contribution < 1.29 is 0 Å². The number of aryl methyl sites for hydroxylation is 2. The van der Waals surface area contributed by atoms with Crippen molar-refractivity contribution in [3.05, 3.63) is 23.5 Å². The normalized spacial score (nSPS) is 10.7. The van der Waals surface area contributed by atoms with Crippen LogP contribution in [0, 0.1) is 6.92 Å². The van der Waals surface area contributed by atoms with Crippen LogP contribution < -0.4 is 10.6 Å². The molecule has 0 aliphatic heterocycles. The van der Waals surface area contributed by atoms with E-state index < -0.39 is 0 Å². The molecular formula is C14H23N7. The van der Waals surface area contributed by atoms with Gasteiger partial charge in [0.15, 0.2) is 0 Å². The molecular weight excluding hydrogens is 266 g/mol. The van der Waals surface area contributed by atoms with Crippen LogP contribution in [0.15, 0.2) is 6.33 Å². The van der Waals surface area contributed by atoms with E-state index in [0.717, 1.165) is 54.7 Å². The van der Waals surface area contributed by atoms with E-state index in [4.69, 9.17) is 0 Å². The summed E-state index contributed by atoms with van der Waals surface area (Å²) in [4.78, 5) is 9.13. The summed E-state index contributed by atoms with van der Waals surface area (Å²) in [6.45, 7) is 4.91. The maximum atomic E-state index is 4.61. The lowest BCUT2D eigenvalue weighted by Gasteiger charge is -2.13. The van der Waals surface area contributed by atoms with Gasteiger partial charge in [0.05, 0.1) is 0 Å². The Morgan fingerprint density at radius 2 is 1.95 bits per heavy atom. The fourth-order valence-electron chi connectivity index (χ4n) is 2.14. The summed E-state index contributed by atoms with van der Waals surface area (Å²) in [7, 11) is 3.83. The van der Waals surface area contributed by atoms with Crippen molar-refractivity contribution in [3.8, 4) is 0 Å². The van der Waals surface area contributed by atoms with Gasteiger partial charge in [-0.1, -0.05) is 6.92 Å². The Balaban J connectivity index is 2.07. The van der Waals surface area contributed by atoms with E-state index in [0.29, 0.717) is 0 Å². The van der Waals surface area contributed by atoms with Crippen LogP contribution in [0.1, 0.15) is 30.6 Å². The molecule has 0 fully saturated rings. The van der Waals surface area contributed by atoms with E-state index in [1.807, 2.05) is 25.6 Å². The highest BCUT2D eigenvalue weighted by atomic mass is 15.2. The SMILES string of the molecule is CCCc1nc(NC)c(C)c(NCCc2nncn2C)n1. The van der Waals surface area contributed by atoms with E-state index in [2.05, 4.69) is 37.7 Å². The maximum Gasteiger partial charge on any atom is 0.134 e. The highest BCUT2D eigenvalue weighted by molar-refractivity contribution is 5.57. The van der Waals surface area contributed by atoms with Gasteiger partial charge < -0.3 is 15.2 Å². The quantitative estimate of drug-likeness (QED) is 0.805. The summed E-state index contributed by atoms with van der Waals surface area (Å²) in [6.07, 6.45) is 4.43. The number of rotatable bonds is 7. The van der Waals surface area contributed by atoms with Crippen molar-refractivity contribution >= 4 is 11.6 Å². The highest BCUT2D eigenvalue weighted by Gasteiger charge is 2.10. The van der Waals surface area contributed by atoms with Gasteiger partial charge in [0.25, 0.3) is 0 Å². The minimum Gasteiger partial charge on any atom is -0.373 e. The molecule has 7 heteroatoms. The molecule has 0 amide bonds. The summed E-state index contributed by atoms with van der Waals surface area (Å²) in [6, 6.07) is 0. The van der Waals surface area contributed by atoms with Gasteiger partial charge in [-0.15, -0.1) is 10.2 Å². The first kappa shape index (κ1) is 15.2. The lowest BCUT2D eigenvalue weighted by molar-refractivity contribution is 0.783. The second-order valence-corrected chi connectivity index (χ2v) is 5.00. The molecule has 0 aliphatic carbocycles. The molecule has 2 aromatic heterocycles. The topological polar surface area (TPSA) is 80.5 Å². The third-order valence-corrected chi connectivity index (χ3v) is 3.35. The van der Waals surface area contributed by atoms with Gasteiger partial charge in [-0.25, -0.2) is 9.97 Å². The summed E-state index contributed by atoms with van der Waals surface area (Å²) in [5, 5.41) is 14.5. The van der Waals surface area contributed by atoms with Crippen LogP contribution >= 0.6 is 0 Å². The average Bonchev–Trinajstić information content (AvgIpc) is 2.88. The van der Waals surface area contributed by atoms with Crippen molar-refractivity contribution in [1.29, 1.82) is 0 Å². The van der Waals surface area contributed by atoms with Crippen molar-refractivity contribution in [1.82, 2.24) is 24.7 Å². The third-order valence-electron chi connectivity index (χ3n) is 3.35. The van der Waals surface area contributed by atoms with Crippen molar-refractivity contribution in [2.75, 3.05) is 24.2 Å². The van der Waals surface area contributed by atoms with Gasteiger partial charge in [0.1, 0.15) is 29.6 Å². The van der Waals surface area contributed by atoms with Crippen LogP contribution in [0.2, 0.25) is 0 Å². The van der Waals surface area contributed by atoms with Gasteiger partial charge in [0.2, 0.25) is 0 Å². The molecule has 0 aromatic carbocycles. The van der Waals surface area contributed by atoms with E-state index >= 15 is 0 Å². The molecule has 2 N–H and O–H groups in total. The molecule has 0 atom stereocenters. The molecule has 21 heavy (non-hydrogen) atoms. The van der Waals surface area contributed by atoms with Crippen LogP contribution in [0.25, 0.3) is 0 Å². The Morgan fingerprint density at radius 3 is 2.57 bits per heavy atom. The van der Waals surface area contributed by atoms with E-state index in [-0.39, 0.29) is 0 Å². The Kier molecular flexibility index (Phi) is 5.08. The van der Waals surface area contributed by atoms with Crippen LogP contribution in [0.5, 0.6) is 0 Å². The predicted molar refractivity (Wildman–Crippen MR) is 83.5 cm³/mol.